The molecule has 6 N–H and O–H groups in total. The quantitative estimate of drug-likeness (QED) is 0.474. The number of allylic oxidation sites excluding steroid dienone is 1. The molecule has 0 bridgehead atoms. The molecule has 5 nitrogen and oxygen atoms in total. The molecule has 0 fully saturated rings. The van der Waals surface area contributed by atoms with Crippen LogP contribution in [0, 0.1) is 0 Å². The number of halogens is 3. The number of pyridine rings is 1. The number of anilines is 1. The monoisotopic (exact) mass is 377 g/mol. The number of hydrogen-bond donors (Lipinski definition) is 4. The van der Waals surface area contributed by atoms with Crippen molar-refractivity contribution in [1.82, 2.24) is 10.4 Å². The maximum absolute atomic E-state index is 13.1. The Labute approximate surface area is 155 Å². The summed E-state index contributed by atoms with van der Waals surface area (Å²) >= 11 is 0. The molecule has 0 spiro atoms. The van der Waals surface area contributed by atoms with E-state index >= 15 is 0 Å². The Morgan fingerprint density at radius 2 is 2.00 bits per heavy atom. The molecule has 0 saturated heterocycles. The summed E-state index contributed by atoms with van der Waals surface area (Å²) in [6.07, 6.45) is 1.35. The van der Waals surface area contributed by atoms with Crippen molar-refractivity contribution in [1.29, 1.82) is 0 Å². The van der Waals surface area contributed by atoms with Crippen LogP contribution >= 0.6 is 0 Å². The van der Waals surface area contributed by atoms with E-state index in [2.05, 4.69) is 22.4 Å². The number of nitrogens with zero attached hydrogens (tertiary/aromatic N) is 1. The Balaban J connectivity index is 1.85. The van der Waals surface area contributed by atoms with E-state index in [9.17, 15) is 13.2 Å². The number of nitrogens with two attached hydrogens (primary N) is 2. The summed E-state index contributed by atoms with van der Waals surface area (Å²) in [6, 6.07) is 9.71. The third kappa shape index (κ3) is 4.16. The number of hydrazine groups is 1. The van der Waals surface area contributed by atoms with Crippen molar-refractivity contribution < 1.29 is 13.2 Å². The van der Waals surface area contributed by atoms with Crippen LogP contribution in [0.4, 0.5) is 18.9 Å². The number of benzene rings is 1. The van der Waals surface area contributed by atoms with Gasteiger partial charge in [-0.1, -0.05) is 24.3 Å². The third-order valence-corrected chi connectivity index (χ3v) is 4.84. The minimum atomic E-state index is -4.68. The zero-order valence-electron chi connectivity index (χ0n) is 14.7. The summed E-state index contributed by atoms with van der Waals surface area (Å²) in [5.74, 6) is 5.33. The number of rotatable bonds is 5. The first-order chi connectivity index (χ1) is 12.9. The van der Waals surface area contributed by atoms with Crippen molar-refractivity contribution in [3.63, 3.8) is 0 Å². The van der Waals surface area contributed by atoms with E-state index in [1.165, 1.54) is 29.6 Å². The van der Waals surface area contributed by atoms with E-state index in [0.717, 1.165) is 19.3 Å². The highest BCUT2D eigenvalue weighted by molar-refractivity contribution is 5.76. The van der Waals surface area contributed by atoms with Crippen LogP contribution < -0.4 is 22.3 Å². The summed E-state index contributed by atoms with van der Waals surface area (Å²) in [7, 11) is 0. The molecule has 3 rings (SSSR count). The fourth-order valence-corrected chi connectivity index (χ4v) is 3.52. The molecule has 1 aliphatic carbocycles. The van der Waals surface area contributed by atoms with E-state index in [4.69, 9.17) is 11.6 Å². The molecular weight excluding hydrogens is 355 g/mol. The number of aromatic nitrogens is 1. The van der Waals surface area contributed by atoms with E-state index < -0.39 is 17.6 Å². The maximum Gasteiger partial charge on any atom is 0.434 e. The minimum Gasteiger partial charge on any atom is -0.396 e. The lowest BCUT2D eigenvalue weighted by molar-refractivity contribution is -0.0961. The second-order valence-electron chi connectivity index (χ2n) is 6.52. The molecule has 1 atom stereocenters. The molecule has 0 aliphatic heterocycles. The van der Waals surface area contributed by atoms with Gasteiger partial charge >= 0.3 is 6.18 Å². The van der Waals surface area contributed by atoms with Crippen LogP contribution in [0.25, 0.3) is 5.70 Å². The smallest absolute Gasteiger partial charge is 0.396 e. The lowest BCUT2D eigenvalue weighted by Crippen LogP contribution is -2.34. The highest BCUT2D eigenvalue weighted by atomic mass is 19.4. The van der Waals surface area contributed by atoms with Crippen LogP contribution in [-0.2, 0) is 6.42 Å². The number of hydrogen-bond acceptors (Lipinski definition) is 5. The highest BCUT2D eigenvalue weighted by Gasteiger charge is 2.36. The number of alkyl halides is 3. The first kappa shape index (κ1) is 19.0. The summed E-state index contributed by atoms with van der Waals surface area (Å²) in [5.41, 5.74) is 9.04. The van der Waals surface area contributed by atoms with Gasteiger partial charge in [-0.2, -0.15) is 13.2 Å². The largest absolute Gasteiger partial charge is 0.434 e. The van der Waals surface area contributed by atoms with Crippen LogP contribution in [-0.4, -0.2) is 17.7 Å². The molecule has 1 heterocycles. The van der Waals surface area contributed by atoms with Crippen molar-refractivity contribution in [2.45, 2.75) is 31.4 Å². The van der Waals surface area contributed by atoms with Crippen molar-refractivity contribution in [3.05, 3.63) is 65.1 Å². The molecule has 27 heavy (non-hydrogen) atoms. The second-order valence-corrected chi connectivity index (χ2v) is 6.52. The minimum absolute atomic E-state index is 0.208. The van der Waals surface area contributed by atoms with Crippen molar-refractivity contribution >= 4 is 11.4 Å². The average Bonchev–Trinajstić information content (AvgIpc) is 2.66. The van der Waals surface area contributed by atoms with Crippen molar-refractivity contribution in [3.8, 4) is 0 Å². The number of fused-ring (bicyclic) bond motifs is 1. The van der Waals surface area contributed by atoms with Crippen LogP contribution in [0.2, 0.25) is 0 Å². The lowest BCUT2D eigenvalue weighted by atomic mass is 9.83. The van der Waals surface area contributed by atoms with Gasteiger partial charge < -0.3 is 16.5 Å². The summed E-state index contributed by atoms with van der Waals surface area (Å²) in [5, 5.41) is 3.22. The predicted molar refractivity (Wildman–Crippen MR) is 99.3 cm³/mol. The van der Waals surface area contributed by atoms with Gasteiger partial charge in [-0.25, -0.2) is 0 Å². The number of nitrogens with one attached hydrogen (secondary N) is 2. The summed E-state index contributed by atoms with van der Waals surface area (Å²) in [6.45, 7) is 0.584. The van der Waals surface area contributed by atoms with Gasteiger partial charge in [-0.3, -0.25) is 10.8 Å². The Morgan fingerprint density at radius 3 is 2.74 bits per heavy atom. The molecule has 8 heteroatoms. The Kier molecular flexibility index (Phi) is 5.55. The normalized spacial score (nSPS) is 17.7. The van der Waals surface area contributed by atoms with Gasteiger partial charge in [0.25, 0.3) is 0 Å². The molecule has 1 aromatic heterocycles. The molecule has 0 radical (unpaired) electrons. The summed E-state index contributed by atoms with van der Waals surface area (Å²) < 4.78 is 39.3. The first-order valence-electron chi connectivity index (χ1n) is 8.71. The van der Waals surface area contributed by atoms with Crippen LogP contribution in [0.5, 0.6) is 0 Å². The number of aryl methyl sites for hydroxylation is 1. The molecule has 1 aromatic carbocycles. The molecule has 2 aromatic rings. The molecule has 1 aliphatic rings. The second kappa shape index (κ2) is 7.87. The fraction of sp³-hybridized carbons (Fsp3) is 0.316. The van der Waals surface area contributed by atoms with Gasteiger partial charge in [0.2, 0.25) is 0 Å². The zero-order chi connectivity index (χ0) is 19.4. The van der Waals surface area contributed by atoms with Gasteiger partial charge in [0.15, 0.2) is 5.70 Å². The fourth-order valence-electron chi connectivity index (χ4n) is 3.52. The van der Waals surface area contributed by atoms with E-state index in [1.54, 1.807) is 5.43 Å². The standard InChI is InChI=1S/C19H22F3N5/c20-19(21,22)18(27-24)17(23)15-8-9-25-11-16(15)26-10-13-6-3-5-12-4-1-2-7-14(12)13/h1-2,4,7-9,11,13,26-27H,3,5-6,10,23-24H2/b18-17-. The Morgan fingerprint density at radius 1 is 1.22 bits per heavy atom. The zero-order valence-corrected chi connectivity index (χ0v) is 14.7. The lowest BCUT2D eigenvalue weighted by Gasteiger charge is -2.26. The molecule has 0 amide bonds. The SMILES string of the molecule is NN/C(=C(\N)c1ccncc1NCC1CCCc2ccccc21)C(F)(F)F. The Hall–Kier alpha value is -2.74. The van der Waals surface area contributed by atoms with Crippen molar-refractivity contribution in [2.24, 2.45) is 11.6 Å². The van der Waals surface area contributed by atoms with Crippen LogP contribution in [0.1, 0.15) is 35.4 Å². The Bertz CT molecular complexity index is 832. The van der Waals surface area contributed by atoms with E-state index in [-0.39, 0.29) is 11.5 Å². The maximum atomic E-state index is 13.1. The topological polar surface area (TPSA) is 89.0 Å². The molecule has 1 unspecified atom stereocenters. The van der Waals surface area contributed by atoms with Crippen LogP contribution in [0.3, 0.4) is 0 Å². The predicted octanol–water partition coefficient (Wildman–Crippen LogP) is 3.27. The molecular formula is C19H22F3N5. The van der Waals surface area contributed by atoms with Gasteiger partial charge in [-0.15, -0.1) is 0 Å². The third-order valence-electron chi connectivity index (χ3n) is 4.84. The van der Waals surface area contributed by atoms with Gasteiger partial charge in [-0.05, 0) is 36.5 Å². The highest BCUT2D eigenvalue weighted by Crippen LogP contribution is 2.33. The van der Waals surface area contributed by atoms with E-state index in [1.807, 2.05) is 12.1 Å². The summed E-state index contributed by atoms with van der Waals surface area (Å²) in [4.78, 5) is 4.01. The van der Waals surface area contributed by atoms with Gasteiger partial charge in [0, 0.05) is 24.2 Å². The average molecular weight is 377 g/mol. The van der Waals surface area contributed by atoms with E-state index in [0.29, 0.717) is 12.2 Å². The first-order valence-corrected chi connectivity index (χ1v) is 8.71. The van der Waals surface area contributed by atoms with Gasteiger partial charge in [0.05, 0.1) is 17.6 Å². The molecule has 0 saturated carbocycles. The van der Waals surface area contributed by atoms with Crippen molar-refractivity contribution in [2.75, 3.05) is 11.9 Å². The molecule has 144 valence electrons. The van der Waals surface area contributed by atoms with Gasteiger partial charge in [0.1, 0.15) is 0 Å². The van der Waals surface area contributed by atoms with Crippen LogP contribution in [0.15, 0.2) is 48.4 Å².